The molecule has 1 aliphatic rings. The Hall–Kier alpha value is -0.980. The largest absolute Gasteiger partial charge is 0.496 e. The second-order valence-electron chi connectivity index (χ2n) is 7.01. The maximum absolute atomic E-state index is 13.0. The van der Waals surface area contributed by atoms with Crippen molar-refractivity contribution in [3.63, 3.8) is 0 Å². The SMILES string of the molecule is COc1cc(C(F)(F)F)ccc1[C@@H](N1CCNCC1)C(C)(C)C.Cl. The highest BCUT2D eigenvalue weighted by molar-refractivity contribution is 5.85. The van der Waals surface area contributed by atoms with Gasteiger partial charge in [-0.05, 0) is 17.5 Å². The Labute approximate surface area is 148 Å². The first-order valence-electron chi connectivity index (χ1n) is 7.84. The minimum absolute atomic E-state index is 0. The Balaban J connectivity index is 0.00000288. The van der Waals surface area contributed by atoms with Crippen molar-refractivity contribution in [2.75, 3.05) is 33.3 Å². The predicted molar refractivity (Wildman–Crippen MR) is 91.9 cm³/mol. The van der Waals surface area contributed by atoms with Gasteiger partial charge in [-0.15, -0.1) is 12.4 Å². The fourth-order valence-corrected chi connectivity index (χ4v) is 3.26. The molecule has 24 heavy (non-hydrogen) atoms. The molecule has 1 atom stereocenters. The number of nitrogens with zero attached hydrogens (tertiary/aromatic N) is 1. The topological polar surface area (TPSA) is 24.5 Å². The summed E-state index contributed by atoms with van der Waals surface area (Å²) in [5.41, 5.74) is 0.0191. The van der Waals surface area contributed by atoms with Gasteiger partial charge in [0.1, 0.15) is 5.75 Å². The summed E-state index contributed by atoms with van der Waals surface area (Å²) in [6, 6.07) is 3.83. The van der Waals surface area contributed by atoms with Gasteiger partial charge in [-0.1, -0.05) is 26.8 Å². The number of benzene rings is 1. The molecule has 0 amide bonds. The van der Waals surface area contributed by atoms with Crippen LogP contribution >= 0.6 is 12.4 Å². The van der Waals surface area contributed by atoms with Crippen LogP contribution in [-0.2, 0) is 6.18 Å². The first kappa shape index (κ1) is 21.1. The first-order chi connectivity index (χ1) is 10.6. The van der Waals surface area contributed by atoms with E-state index in [9.17, 15) is 13.2 Å². The summed E-state index contributed by atoms with van der Waals surface area (Å²) in [6.07, 6.45) is -4.36. The summed E-state index contributed by atoms with van der Waals surface area (Å²) in [5, 5.41) is 3.31. The zero-order valence-corrected chi connectivity index (χ0v) is 15.4. The molecular formula is C17H26ClF3N2O. The Morgan fingerprint density at radius 1 is 1.12 bits per heavy atom. The van der Waals surface area contributed by atoms with E-state index in [1.165, 1.54) is 7.11 Å². The predicted octanol–water partition coefficient (Wildman–Crippen LogP) is 4.13. The maximum Gasteiger partial charge on any atom is 0.416 e. The van der Waals surface area contributed by atoms with Crippen LogP contribution < -0.4 is 10.1 Å². The van der Waals surface area contributed by atoms with Gasteiger partial charge in [0.25, 0.3) is 0 Å². The zero-order valence-electron chi connectivity index (χ0n) is 14.5. The van der Waals surface area contributed by atoms with Gasteiger partial charge in [-0.25, -0.2) is 0 Å². The Kier molecular flexibility index (Phi) is 6.96. The number of nitrogens with one attached hydrogen (secondary N) is 1. The van der Waals surface area contributed by atoms with Gasteiger partial charge in [0.15, 0.2) is 0 Å². The summed E-state index contributed by atoms with van der Waals surface area (Å²) >= 11 is 0. The van der Waals surface area contributed by atoms with Crippen LogP contribution in [0.3, 0.4) is 0 Å². The molecular weight excluding hydrogens is 341 g/mol. The molecule has 2 rings (SSSR count). The van der Waals surface area contributed by atoms with Crippen molar-refractivity contribution in [1.29, 1.82) is 0 Å². The normalized spacial score (nSPS) is 18.0. The molecule has 0 aromatic heterocycles. The minimum atomic E-state index is -4.36. The lowest BCUT2D eigenvalue weighted by Crippen LogP contribution is -2.48. The molecule has 138 valence electrons. The zero-order chi connectivity index (χ0) is 17.3. The van der Waals surface area contributed by atoms with Crippen LogP contribution in [0, 0.1) is 5.41 Å². The number of methoxy groups -OCH3 is 1. The van der Waals surface area contributed by atoms with Crippen LogP contribution in [0.5, 0.6) is 5.75 Å². The number of hydrogen-bond acceptors (Lipinski definition) is 3. The van der Waals surface area contributed by atoms with Gasteiger partial charge >= 0.3 is 6.18 Å². The van der Waals surface area contributed by atoms with Crippen molar-refractivity contribution in [2.45, 2.75) is 33.0 Å². The molecule has 1 aromatic rings. The molecule has 0 unspecified atom stereocenters. The number of alkyl halides is 3. The van der Waals surface area contributed by atoms with E-state index >= 15 is 0 Å². The van der Waals surface area contributed by atoms with Crippen LogP contribution in [0.25, 0.3) is 0 Å². The molecule has 0 aliphatic carbocycles. The molecule has 0 spiro atoms. The van der Waals surface area contributed by atoms with Crippen molar-refractivity contribution in [3.05, 3.63) is 29.3 Å². The third-order valence-corrected chi connectivity index (χ3v) is 4.19. The summed E-state index contributed by atoms with van der Waals surface area (Å²) in [4.78, 5) is 2.32. The molecule has 0 bridgehead atoms. The van der Waals surface area contributed by atoms with Gasteiger partial charge < -0.3 is 10.1 Å². The fraction of sp³-hybridized carbons (Fsp3) is 0.647. The van der Waals surface area contributed by atoms with Crippen molar-refractivity contribution in [3.8, 4) is 5.75 Å². The highest BCUT2D eigenvalue weighted by atomic mass is 35.5. The Morgan fingerprint density at radius 3 is 2.17 bits per heavy atom. The van der Waals surface area contributed by atoms with E-state index in [-0.39, 0.29) is 23.9 Å². The van der Waals surface area contributed by atoms with Gasteiger partial charge in [0.2, 0.25) is 0 Å². The number of ether oxygens (including phenoxy) is 1. The molecule has 1 aromatic carbocycles. The number of rotatable bonds is 3. The molecule has 3 nitrogen and oxygen atoms in total. The highest BCUT2D eigenvalue weighted by Gasteiger charge is 2.36. The lowest BCUT2D eigenvalue weighted by atomic mass is 9.80. The fourth-order valence-electron chi connectivity index (χ4n) is 3.26. The molecule has 1 aliphatic heterocycles. The molecule has 1 N–H and O–H groups in total. The number of halogens is 4. The lowest BCUT2D eigenvalue weighted by Gasteiger charge is -2.43. The quantitative estimate of drug-likeness (QED) is 0.870. The Bertz CT molecular complexity index is 538. The molecule has 0 radical (unpaired) electrons. The lowest BCUT2D eigenvalue weighted by molar-refractivity contribution is -0.137. The van der Waals surface area contributed by atoms with Crippen molar-refractivity contribution < 1.29 is 17.9 Å². The van der Waals surface area contributed by atoms with Crippen LogP contribution in [0.4, 0.5) is 13.2 Å². The molecule has 0 saturated carbocycles. The van der Waals surface area contributed by atoms with Gasteiger partial charge in [0, 0.05) is 37.8 Å². The summed E-state index contributed by atoms with van der Waals surface area (Å²) in [5.74, 6) is 0.304. The average molecular weight is 367 g/mol. The second-order valence-corrected chi connectivity index (χ2v) is 7.01. The van der Waals surface area contributed by atoms with Gasteiger partial charge in [-0.2, -0.15) is 13.2 Å². The molecule has 1 fully saturated rings. The maximum atomic E-state index is 13.0. The third-order valence-electron chi connectivity index (χ3n) is 4.19. The van der Waals surface area contributed by atoms with E-state index in [0.29, 0.717) is 5.75 Å². The second kappa shape index (κ2) is 7.93. The van der Waals surface area contributed by atoms with Crippen LogP contribution in [-0.4, -0.2) is 38.2 Å². The van der Waals surface area contributed by atoms with Crippen molar-refractivity contribution >= 4 is 12.4 Å². The van der Waals surface area contributed by atoms with Crippen LogP contribution in [0.2, 0.25) is 0 Å². The van der Waals surface area contributed by atoms with E-state index in [1.54, 1.807) is 6.07 Å². The monoisotopic (exact) mass is 366 g/mol. The van der Waals surface area contributed by atoms with Crippen molar-refractivity contribution in [2.24, 2.45) is 5.41 Å². The molecule has 1 saturated heterocycles. The van der Waals surface area contributed by atoms with Gasteiger partial charge in [0.05, 0.1) is 12.7 Å². The average Bonchev–Trinajstić information content (AvgIpc) is 2.46. The van der Waals surface area contributed by atoms with E-state index in [1.807, 2.05) is 0 Å². The van der Waals surface area contributed by atoms with E-state index in [2.05, 4.69) is 31.0 Å². The molecule has 1 heterocycles. The van der Waals surface area contributed by atoms with Gasteiger partial charge in [-0.3, -0.25) is 4.90 Å². The summed E-state index contributed by atoms with van der Waals surface area (Å²) < 4.78 is 44.2. The van der Waals surface area contributed by atoms with Crippen molar-refractivity contribution in [1.82, 2.24) is 10.2 Å². The van der Waals surface area contributed by atoms with E-state index in [0.717, 1.165) is 43.9 Å². The highest BCUT2D eigenvalue weighted by Crippen LogP contribution is 2.43. The van der Waals surface area contributed by atoms with Crippen LogP contribution in [0.15, 0.2) is 18.2 Å². The van der Waals surface area contributed by atoms with E-state index in [4.69, 9.17) is 4.74 Å². The standard InChI is InChI=1S/C17H25F3N2O.ClH/c1-16(2,3)15(22-9-7-21-8-10-22)13-6-5-12(17(18,19)20)11-14(13)23-4;/h5-6,11,15,21H,7-10H2,1-4H3;1H/t15-;/m1./s1. The minimum Gasteiger partial charge on any atom is -0.496 e. The van der Waals surface area contributed by atoms with E-state index < -0.39 is 11.7 Å². The third kappa shape index (κ3) is 4.77. The first-order valence-corrected chi connectivity index (χ1v) is 7.84. The number of hydrogen-bond donors (Lipinski definition) is 1. The van der Waals surface area contributed by atoms with Crippen LogP contribution in [0.1, 0.15) is 37.9 Å². The summed E-state index contributed by atoms with van der Waals surface area (Å²) in [7, 11) is 1.43. The molecule has 7 heteroatoms. The smallest absolute Gasteiger partial charge is 0.416 e. The number of piperazine rings is 1. The Morgan fingerprint density at radius 2 is 1.71 bits per heavy atom. The summed E-state index contributed by atoms with van der Waals surface area (Å²) in [6.45, 7) is 9.83.